The highest BCUT2D eigenvalue weighted by atomic mass is 16.2. The molecule has 3 rings (SSSR count). The third-order valence-corrected chi connectivity index (χ3v) is 4.05. The van der Waals surface area contributed by atoms with Crippen molar-refractivity contribution in [3.8, 4) is 0 Å². The maximum atomic E-state index is 12.7. The summed E-state index contributed by atoms with van der Waals surface area (Å²) in [5, 5.41) is 9.53. The van der Waals surface area contributed by atoms with Crippen molar-refractivity contribution in [2.24, 2.45) is 10.5 Å². The summed E-state index contributed by atoms with van der Waals surface area (Å²) in [5.74, 6) is 0.154. The molecule has 4 heteroatoms. The quantitative estimate of drug-likeness (QED) is 0.890. The minimum absolute atomic E-state index is 0.154. The van der Waals surface area contributed by atoms with Gasteiger partial charge in [-0.25, -0.2) is 5.01 Å². The summed E-state index contributed by atoms with van der Waals surface area (Å²) in [6.45, 7) is 4.25. The number of nitrogens with one attached hydrogen (secondary N) is 1. The number of fused-ring (bicyclic) bond motifs is 1. The second kappa shape index (κ2) is 4.78. The molecule has 2 aliphatic rings. The van der Waals surface area contributed by atoms with Crippen LogP contribution in [0.3, 0.4) is 0 Å². The molecule has 100 valence electrons. The molecule has 0 unspecified atom stereocenters. The van der Waals surface area contributed by atoms with Gasteiger partial charge in [0.2, 0.25) is 0 Å². The molecule has 2 heterocycles. The molecule has 1 aromatic carbocycles. The number of carbonyl (C=O) groups is 1. The summed E-state index contributed by atoms with van der Waals surface area (Å²) >= 11 is 0. The van der Waals surface area contributed by atoms with E-state index in [1.165, 1.54) is 5.56 Å². The number of amides is 1. The van der Waals surface area contributed by atoms with E-state index in [-0.39, 0.29) is 5.91 Å². The van der Waals surface area contributed by atoms with Crippen LogP contribution >= 0.6 is 0 Å². The van der Waals surface area contributed by atoms with Gasteiger partial charge in [0.25, 0.3) is 5.91 Å². The molecule has 0 aromatic heterocycles. The molecule has 2 aliphatic heterocycles. The van der Waals surface area contributed by atoms with E-state index in [1.807, 2.05) is 25.1 Å². The molecule has 1 saturated heterocycles. The van der Waals surface area contributed by atoms with Crippen molar-refractivity contribution < 1.29 is 4.79 Å². The van der Waals surface area contributed by atoms with E-state index < -0.39 is 5.41 Å². The monoisotopic (exact) mass is 257 g/mol. The third-order valence-electron chi connectivity index (χ3n) is 4.05. The average Bonchev–Trinajstić information content (AvgIpc) is 2.73. The zero-order valence-electron chi connectivity index (χ0n) is 11.2. The van der Waals surface area contributed by atoms with Crippen LogP contribution in [0.2, 0.25) is 0 Å². The Labute approximate surface area is 113 Å². The molecule has 0 bridgehead atoms. The molecule has 1 aromatic rings. The molecule has 1 amide bonds. The second-order valence-electron chi connectivity index (χ2n) is 5.24. The number of hydrogen-bond acceptors (Lipinski definition) is 3. The zero-order chi connectivity index (χ0) is 13.3. The Morgan fingerprint density at radius 3 is 2.89 bits per heavy atom. The van der Waals surface area contributed by atoms with Gasteiger partial charge >= 0.3 is 0 Å². The zero-order valence-corrected chi connectivity index (χ0v) is 11.2. The van der Waals surface area contributed by atoms with Crippen molar-refractivity contribution in [3.05, 3.63) is 35.9 Å². The van der Waals surface area contributed by atoms with Crippen LogP contribution in [-0.4, -0.2) is 36.3 Å². The van der Waals surface area contributed by atoms with Crippen molar-refractivity contribution >= 4 is 11.6 Å². The molecule has 0 aliphatic carbocycles. The Morgan fingerprint density at radius 1 is 1.37 bits per heavy atom. The van der Waals surface area contributed by atoms with Gasteiger partial charge in [-0.1, -0.05) is 30.3 Å². The summed E-state index contributed by atoms with van der Waals surface area (Å²) in [4.78, 5) is 12.7. The fourth-order valence-electron chi connectivity index (χ4n) is 3.03. The Morgan fingerprint density at radius 2 is 2.16 bits per heavy atom. The predicted molar refractivity (Wildman–Crippen MR) is 74.9 cm³/mol. The van der Waals surface area contributed by atoms with E-state index in [0.717, 1.165) is 25.1 Å². The average molecular weight is 257 g/mol. The SMILES string of the molecule is CCN1N=C2CCNC[C@]2(Cc2ccccc2)C1=O. The molecule has 0 spiro atoms. The summed E-state index contributed by atoms with van der Waals surface area (Å²) in [7, 11) is 0. The highest BCUT2D eigenvalue weighted by Crippen LogP contribution is 2.35. The van der Waals surface area contributed by atoms with Gasteiger partial charge < -0.3 is 5.32 Å². The molecule has 1 fully saturated rings. The lowest BCUT2D eigenvalue weighted by molar-refractivity contribution is -0.136. The highest BCUT2D eigenvalue weighted by molar-refractivity contribution is 6.13. The molecular weight excluding hydrogens is 238 g/mol. The fraction of sp³-hybridized carbons (Fsp3) is 0.467. The molecular formula is C15H19N3O. The first-order valence-corrected chi connectivity index (χ1v) is 6.91. The third kappa shape index (κ3) is 1.96. The lowest BCUT2D eigenvalue weighted by Crippen LogP contribution is -2.52. The van der Waals surface area contributed by atoms with Crippen molar-refractivity contribution in [3.63, 3.8) is 0 Å². The normalized spacial score (nSPS) is 26.3. The Bertz CT molecular complexity index is 511. The molecule has 0 saturated carbocycles. The summed E-state index contributed by atoms with van der Waals surface area (Å²) in [6.07, 6.45) is 1.62. The first-order valence-electron chi connectivity index (χ1n) is 6.91. The van der Waals surface area contributed by atoms with Crippen LogP contribution in [0, 0.1) is 5.41 Å². The van der Waals surface area contributed by atoms with Crippen LogP contribution in [0.25, 0.3) is 0 Å². The molecule has 1 N–H and O–H groups in total. The van der Waals surface area contributed by atoms with Crippen molar-refractivity contribution in [2.75, 3.05) is 19.6 Å². The van der Waals surface area contributed by atoms with Crippen molar-refractivity contribution in [2.45, 2.75) is 19.8 Å². The number of nitrogens with zero attached hydrogens (tertiary/aromatic N) is 2. The number of rotatable bonds is 3. The lowest BCUT2D eigenvalue weighted by atomic mass is 9.74. The van der Waals surface area contributed by atoms with Gasteiger partial charge in [-0.2, -0.15) is 5.10 Å². The molecule has 4 nitrogen and oxygen atoms in total. The largest absolute Gasteiger partial charge is 0.315 e. The topological polar surface area (TPSA) is 44.7 Å². The minimum atomic E-state index is -0.449. The minimum Gasteiger partial charge on any atom is -0.315 e. The number of benzene rings is 1. The Hall–Kier alpha value is -1.68. The summed E-state index contributed by atoms with van der Waals surface area (Å²) in [6, 6.07) is 10.2. The molecule has 1 atom stereocenters. The maximum absolute atomic E-state index is 12.7. The first kappa shape index (κ1) is 12.4. The van der Waals surface area contributed by atoms with Crippen LogP contribution in [0.5, 0.6) is 0 Å². The first-order chi connectivity index (χ1) is 9.26. The standard InChI is InChI=1S/C15H19N3O/c1-2-18-14(19)15(10-12-6-4-3-5-7-12)11-16-9-8-13(15)17-18/h3-7,16H,2,8-11H2,1H3/t15-/m0/s1. The van der Waals surface area contributed by atoms with Gasteiger partial charge in [-0.15, -0.1) is 0 Å². The summed E-state index contributed by atoms with van der Waals surface area (Å²) in [5.41, 5.74) is 1.81. The van der Waals surface area contributed by atoms with Gasteiger partial charge in [0.05, 0.1) is 5.71 Å². The van der Waals surface area contributed by atoms with E-state index in [2.05, 4.69) is 22.6 Å². The van der Waals surface area contributed by atoms with E-state index in [1.54, 1.807) is 5.01 Å². The van der Waals surface area contributed by atoms with E-state index in [9.17, 15) is 4.79 Å². The van der Waals surface area contributed by atoms with Gasteiger partial charge in [-0.3, -0.25) is 4.79 Å². The maximum Gasteiger partial charge on any atom is 0.256 e. The van der Waals surface area contributed by atoms with Crippen LogP contribution in [0.1, 0.15) is 18.9 Å². The van der Waals surface area contributed by atoms with Crippen LogP contribution in [0.15, 0.2) is 35.4 Å². The smallest absolute Gasteiger partial charge is 0.256 e. The van der Waals surface area contributed by atoms with Gasteiger partial charge in [0.15, 0.2) is 0 Å². The van der Waals surface area contributed by atoms with E-state index in [4.69, 9.17) is 0 Å². The van der Waals surface area contributed by atoms with Gasteiger partial charge in [0, 0.05) is 26.1 Å². The Balaban J connectivity index is 1.95. The second-order valence-corrected chi connectivity index (χ2v) is 5.24. The molecule has 0 radical (unpaired) electrons. The number of hydrazone groups is 1. The van der Waals surface area contributed by atoms with Crippen molar-refractivity contribution in [1.29, 1.82) is 0 Å². The fourth-order valence-corrected chi connectivity index (χ4v) is 3.03. The van der Waals surface area contributed by atoms with Gasteiger partial charge in [-0.05, 0) is 18.9 Å². The van der Waals surface area contributed by atoms with Crippen molar-refractivity contribution in [1.82, 2.24) is 10.3 Å². The molecule has 19 heavy (non-hydrogen) atoms. The number of carbonyl (C=O) groups excluding carboxylic acids is 1. The lowest BCUT2D eigenvalue weighted by Gasteiger charge is -2.33. The Kier molecular flexibility index (Phi) is 3.11. The van der Waals surface area contributed by atoms with Crippen LogP contribution < -0.4 is 5.32 Å². The number of piperidine rings is 1. The van der Waals surface area contributed by atoms with E-state index >= 15 is 0 Å². The van der Waals surface area contributed by atoms with Gasteiger partial charge in [0.1, 0.15) is 5.41 Å². The highest BCUT2D eigenvalue weighted by Gasteiger charge is 2.51. The summed E-state index contributed by atoms with van der Waals surface area (Å²) < 4.78 is 0. The number of hydrogen-bond donors (Lipinski definition) is 1. The van der Waals surface area contributed by atoms with E-state index in [0.29, 0.717) is 13.1 Å². The van der Waals surface area contributed by atoms with Crippen LogP contribution in [0.4, 0.5) is 0 Å². The predicted octanol–water partition coefficient (Wildman–Crippen LogP) is 1.43. The van der Waals surface area contributed by atoms with Crippen LogP contribution in [-0.2, 0) is 11.2 Å².